The first-order valence-corrected chi connectivity index (χ1v) is 8.22. The Labute approximate surface area is 127 Å². The summed E-state index contributed by atoms with van der Waals surface area (Å²) in [7, 11) is 0. The molecule has 1 aromatic carbocycles. The van der Waals surface area contributed by atoms with Crippen LogP contribution in [0.1, 0.15) is 51.0 Å². The molecule has 3 rings (SSSR count). The van der Waals surface area contributed by atoms with E-state index in [4.69, 9.17) is 0 Å². The summed E-state index contributed by atoms with van der Waals surface area (Å²) in [6.45, 7) is 0. The van der Waals surface area contributed by atoms with Crippen LogP contribution in [0.4, 0.5) is 0 Å². The van der Waals surface area contributed by atoms with Gasteiger partial charge in [0.1, 0.15) is 0 Å². The molecule has 0 N–H and O–H groups in total. The molecule has 1 fully saturated rings. The summed E-state index contributed by atoms with van der Waals surface area (Å²) >= 11 is 3.43. The van der Waals surface area contributed by atoms with Gasteiger partial charge in [0.25, 0.3) is 5.56 Å². The molecular formula is C16H19BrN2O. The molecule has 0 amide bonds. The summed E-state index contributed by atoms with van der Waals surface area (Å²) in [6.07, 6.45) is 10.3. The predicted molar refractivity (Wildman–Crippen MR) is 85.1 cm³/mol. The van der Waals surface area contributed by atoms with Crippen LogP contribution in [0.3, 0.4) is 0 Å². The zero-order valence-corrected chi connectivity index (χ0v) is 13.1. The van der Waals surface area contributed by atoms with Crippen LogP contribution in [0.15, 0.2) is 33.7 Å². The fourth-order valence-corrected chi connectivity index (χ4v) is 3.45. The van der Waals surface area contributed by atoms with Crippen LogP contribution in [-0.4, -0.2) is 9.78 Å². The fourth-order valence-electron chi connectivity index (χ4n) is 3.07. The summed E-state index contributed by atoms with van der Waals surface area (Å²) in [5, 5.41) is 6.10. The van der Waals surface area contributed by atoms with Gasteiger partial charge in [-0.25, -0.2) is 4.68 Å². The van der Waals surface area contributed by atoms with Gasteiger partial charge in [0.05, 0.1) is 17.6 Å². The Morgan fingerprint density at radius 1 is 1.10 bits per heavy atom. The van der Waals surface area contributed by atoms with Crippen molar-refractivity contribution in [2.45, 2.75) is 51.0 Å². The van der Waals surface area contributed by atoms with E-state index in [1.54, 1.807) is 4.68 Å². The lowest BCUT2D eigenvalue weighted by molar-refractivity contribution is 0.338. The third-order valence-electron chi connectivity index (χ3n) is 4.19. The zero-order chi connectivity index (χ0) is 13.9. The van der Waals surface area contributed by atoms with Crippen LogP contribution in [0, 0.1) is 0 Å². The fraction of sp³-hybridized carbons (Fsp3) is 0.500. The smallest absolute Gasteiger partial charge is 0.267 e. The Hall–Kier alpha value is -1.16. The summed E-state index contributed by atoms with van der Waals surface area (Å²) < 4.78 is 2.71. The van der Waals surface area contributed by atoms with Crippen LogP contribution >= 0.6 is 15.9 Å². The molecule has 0 atom stereocenters. The number of fused-ring (bicyclic) bond motifs is 1. The Bertz CT molecular complexity index is 657. The summed E-state index contributed by atoms with van der Waals surface area (Å²) in [4.78, 5) is 12.6. The highest BCUT2D eigenvalue weighted by atomic mass is 79.9. The number of nitrogens with zero attached hydrogens (tertiary/aromatic N) is 2. The largest absolute Gasteiger partial charge is 0.274 e. The van der Waals surface area contributed by atoms with E-state index < -0.39 is 0 Å². The van der Waals surface area contributed by atoms with E-state index in [1.807, 2.05) is 24.4 Å². The minimum atomic E-state index is 0.0561. The van der Waals surface area contributed by atoms with Gasteiger partial charge in [0.2, 0.25) is 0 Å². The van der Waals surface area contributed by atoms with E-state index in [-0.39, 0.29) is 11.6 Å². The van der Waals surface area contributed by atoms with Crippen molar-refractivity contribution in [3.63, 3.8) is 0 Å². The minimum absolute atomic E-state index is 0.0561. The summed E-state index contributed by atoms with van der Waals surface area (Å²) in [5.74, 6) is 0. The van der Waals surface area contributed by atoms with Crippen molar-refractivity contribution in [2.24, 2.45) is 0 Å². The van der Waals surface area contributed by atoms with E-state index in [0.717, 1.165) is 28.1 Å². The number of halogens is 1. The van der Waals surface area contributed by atoms with Crippen molar-refractivity contribution in [2.75, 3.05) is 0 Å². The SMILES string of the molecule is O=c1c2ccc(Br)cc2cnn1C1CCCCCCC1. The monoisotopic (exact) mass is 334 g/mol. The maximum atomic E-state index is 12.6. The first-order valence-electron chi connectivity index (χ1n) is 7.43. The van der Waals surface area contributed by atoms with E-state index >= 15 is 0 Å². The van der Waals surface area contributed by atoms with Gasteiger partial charge in [0.15, 0.2) is 0 Å². The predicted octanol–water partition coefficient (Wildman–Crippen LogP) is 4.44. The molecule has 1 aliphatic rings. The van der Waals surface area contributed by atoms with Gasteiger partial charge in [-0.15, -0.1) is 0 Å². The normalized spacial score (nSPS) is 17.9. The van der Waals surface area contributed by atoms with Crippen LogP contribution in [-0.2, 0) is 0 Å². The molecule has 1 saturated carbocycles. The third kappa shape index (κ3) is 2.80. The number of aromatic nitrogens is 2. The van der Waals surface area contributed by atoms with E-state index in [1.165, 1.54) is 32.1 Å². The van der Waals surface area contributed by atoms with Gasteiger partial charge in [0, 0.05) is 9.86 Å². The number of hydrogen-bond donors (Lipinski definition) is 0. The third-order valence-corrected chi connectivity index (χ3v) is 4.69. The molecule has 4 heteroatoms. The summed E-state index contributed by atoms with van der Waals surface area (Å²) in [6, 6.07) is 6.04. The van der Waals surface area contributed by atoms with Gasteiger partial charge in [-0.05, 0) is 31.0 Å². The molecule has 0 saturated heterocycles. The Balaban J connectivity index is 2.00. The maximum absolute atomic E-state index is 12.6. The zero-order valence-electron chi connectivity index (χ0n) is 11.5. The molecule has 0 radical (unpaired) electrons. The van der Waals surface area contributed by atoms with Crippen molar-refractivity contribution >= 4 is 26.7 Å². The second-order valence-electron chi connectivity index (χ2n) is 5.62. The van der Waals surface area contributed by atoms with E-state index in [9.17, 15) is 4.79 Å². The van der Waals surface area contributed by atoms with Gasteiger partial charge in [-0.3, -0.25) is 4.79 Å². The van der Waals surface area contributed by atoms with Crippen LogP contribution in [0.25, 0.3) is 10.8 Å². The first-order chi connectivity index (χ1) is 9.75. The molecule has 0 aliphatic heterocycles. The lowest BCUT2D eigenvalue weighted by Gasteiger charge is -2.21. The maximum Gasteiger partial charge on any atom is 0.274 e. The minimum Gasteiger partial charge on any atom is -0.267 e. The molecular weight excluding hydrogens is 316 g/mol. The van der Waals surface area contributed by atoms with Crippen molar-refractivity contribution in [1.82, 2.24) is 9.78 Å². The molecule has 1 aromatic heterocycles. The van der Waals surface area contributed by atoms with E-state index in [2.05, 4.69) is 21.0 Å². The Morgan fingerprint density at radius 3 is 2.55 bits per heavy atom. The molecule has 2 aromatic rings. The Kier molecular flexibility index (Phi) is 4.20. The average Bonchev–Trinajstić information content (AvgIpc) is 2.40. The molecule has 20 heavy (non-hydrogen) atoms. The van der Waals surface area contributed by atoms with Crippen LogP contribution in [0.5, 0.6) is 0 Å². The topological polar surface area (TPSA) is 34.9 Å². The van der Waals surface area contributed by atoms with Crippen LogP contribution in [0.2, 0.25) is 0 Å². The second-order valence-corrected chi connectivity index (χ2v) is 6.54. The highest BCUT2D eigenvalue weighted by Crippen LogP contribution is 2.25. The summed E-state index contributed by atoms with van der Waals surface area (Å²) in [5.41, 5.74) is 0.0561. The first kappa shape index (κ1) is 13.8. The lowest BCUT2D eigenvalue weighted by Crippen LogP contribution is -2.27. The van der Waals surface area contributed by atoms with Gasteiger partial charge in [-0.2, -0.15) is 5.10 Å². The van der Waals surface area contributed by atoms with Crippen molar-refractivity contribution in [3.05, 3.63) is 39.2 Å². The highest BCUT2D eigenvalue weighted by Gasteiger charge is 2.16. The molecule has 1 aliphatic carbocycles. The second kappa shape index (κ2) is 6.08. The molecule has 3 nitrogen and oxygen atoms in total. The molecule has 106 valence electrons. The van der Waals surface area contributed by atoms with Crippen LogP contribution < -0.4 is 5.56 Å². The molecule has 1 heterocycles. The molecule has 0 spiro atoms. The molecule has 0 unspecified atom stereocenters. The number of rotatable bonds is 1. The quantitative estimate of drug-likeness (QED) is 0.772. The standard InChI is InChI=1S/C16H19BrN2O/c17-13-8-9-15-12(10-13)11-18-19(16(15)20)14-6-4-2-1-3-5-7-14/h8-11,14H,1-7H2. The average molecular weight is 335 g/mol. The number of hydrogen-bond acceptors (Lipinski definition) is 2. The highest BCUT2D eigenvalue weighted by molar-refractivity contribution is 9.10. The lowest BCUT2D eigenvalue weighted by atomic mass is 9.97. The van der Waals surface area contributed by atoms with Crippen molar-refractivity contribution in [3.8, 4) is 0 Å². The molecule has 0 bridgehead atoms. The van der Waals surface area contributed by atoms with Crippen molar-refractivity contribution in [1.29, 1.82) is 0 Å². The van der Waals surface area contributed by atoms with Gasteiger partial charge < -0.3 is 0 Å². The van der Waals surface area contributed by atoms with E-state index in [0.29, 0.717) is 0 Å². The van der Waals surface area contributed by atoms with Gasteiger partial charge in [-0.1, -0.05) is 48.0 Å². The van der Waals surface area contributed by atoms with Gasteiger partial charge >= 0.3 is 0 Å². The van der Waals surface area contributed by atoms with Crippen molar-refractivity contribution < 1.29 is 0 Å². The number of benzene rings is 1. The Morgan fingerprint density at radius 2 is 1.80 bits per heavy atom.